The Morgan fingerprint density at radius 1 is 1.08 bits per heavy atom. The van der Waals surface area contributed by atoms with Crippen LogP contribution in [0.15, 0.2) is 53.4 Å². The van der Waals surface area contributed by atoms with Gasteiger partial charge in [0.2, 0.25) is 0 Å². The summed E-state index contributed by atoms with van der Waals surface area (Å²) in [5.41, 5.74) is -4.53. The Hall–Kier alpha value is -2.46. The number of aromatic nitrogens is 1. The van der Waals surface area contributed by atoms with Crippen molar-refractivity contribution >= 4 is 37.3 Å². The Morgan fingerprint density at radius 2 is 1.73 bits per heavy atom. The van der Waals surface area contributed by atoms with Gasteiger partial charge in [-0.05, 0) is 36.4 Å². The molecular formula is C16H11F3N2O3S2. The quantitative estimate of drug-likeness (QED) is 0.727. The number of carbonyl (C=O) groups is 1. The maximum atomic E-state index is 12.5. The summed E-state index contributed by atoms with van der Waals surface area (Å²) in [5.74, 6) is -0.541. The minimum absolute atomic E-state index is 0.0484. The lowest BCUT2D eigenvalue weighted by Gasteiger charge is -2.08. The molecular weight excluding hydrogens is 389 g/mol. The number of halogens is 3. The molecule has 1 aromatic heterocycles. The smallest absolute Gasteiger partial charge is 0.346 e. The van der Waals surface area contributed by atoms with E-state index in [4.69, 9.17) is 0 Å². The molecule has 0 bridgehead atoms. The van der Waals surface area contributed by atoms with Crippen LogP contribution in [0.1, 0.15) is 15.4 Å². The minimum Gasteiger partial charge on any atom is -0.346 e. The third kappa shape index (κ3) is 3.56. The molecule has 0 aliphatic heterocycles. The highest BCUT2D eigenvalue weighted by Gasteiger charge is 2.46. The Morgan fingerprint density at radius 3 is 2.35 bits per heavy atom. The Balaban J connectivity index is 1.70. The van der Waals surface area contributed by atoms with Crippen LogP contribution in [-0.4, -0.2) is 24.8 Å². The first kappa shape index (κ1) is 18.3. The van der Waals surface area contributed by atoms with Gasteiger partial charge in [-0.15, -0.1) is 11.3 Å². The van der Waals surface area contributed by atoms with E-state index in [-0.39, 0.29) is 12.1 Å². The van der Waals surface area contributed by atoms with E-state index < -0.39 is 26.1 Å². The van der Waals surface area contributed by atoms with Gasteiger partial charge in [0.1, 0.15) is 5.01 Å². The molecule has 0 saturated carbocycles. The molecule has 0 fully saturated rings. The highest BCUT2D eigenvalue weighted by molar-refractivity contribution is 7.92. The number of hydrogen-bond donors (Lipinski definition) is 1. The number of rotatable bonds is 4. The van der Waals surface area contributed by atoms with Gasteiger partial charge in [0.05, 0.1) is 21.7 Å². The van der Waals surface area contributed by atoms with E-state index in [9.17, 15) is 26.4 Å². The number of para-hydroxylation sites is 1. The first-order chi connectivity index (χ1) is 12.2. The zero-order valence-corrected chi connectivity index (χ0v) is 14.6. The van der Waals surface area contributed by atoms with Gasteiger partial charge in [0, 0.05) is 5.56 Å². The van der Waals surface area contributed by atoms with Crippen molar-refractivity contribution in [3.8, 4) is 0 Å². The molecule has 0 spiro atoms. The van der Waals surface area contributed by atoms with Gasteiger partial charge < -0.3 is 5.32 Å². The van der Waals surface area contributed by atoms with Crippen LogP contribution in [0.5, 0.6) is 0 Å². The highest BCUT2D eigenvalue weighted by atomic mass is 32.2. The molecule has 1 N–H and O–H groups in total. The van der Waals surface area contributed by atoms with Crippen LogP contribution in [0, 0.1) is 0 Å². The lowest BCUT2D eigenvalue weighted by Crippen LogP contribution is -2.24. The highest BCUT2D eigenvalue weighted by Crippen LogP contribution is 2.30. The first-order valence-electron chi connectivity index (χ1n) is 7.22. The summed E-state index contributed by atoms with van der Waals surface area (Å²) in [7, 11) is -5.43. The van der Waals surface area contributed by atoms with Gasteiger partial charge in [-0.3, -0.25) is 4.79 Å². The molecule has 5 nitrogen and oxygen atoms in total. The van der Waals surface area contributed by atoms with Crippen LogP contribution in [-0.2, 0) is 16.4 Å². The van der Waals surface area contributed by atoms with Gasteiger partial charge in [-0.25, -0.2) is 13.4 Å². The molecule has 0 unspecified atom stereocenters. The molecule has 0 saturated heterocycles. The molecule has 0 aliphatic carbocycles. The summed E-state index contributed by atoms with van der Waals surface area (Å²) in [6, 6.07) is 11.1. The predicted octanol–water partition coefficient (Wildman–Crippen LogP) is 3.52. The number of thiazole rings is 1. The largest absolute Gasteiger partial charge is 0.501 e. The van der Waals surface area contributed by atoms with Crippen molar-refractivity contribution < 1.29 is 26.4 Å². The van der Waals surface area contributed by atoms with E-state index in [0.29, 0.717) is 5.01 Å². The van der Waals surface area contributed by atoms with Crippen LogP contribution >= 0.6 is 11.3 Å². The third-order valence-corrected chi connectivity index (χ3v) is 6.01. The Labute approximate surface area is 150 Å². The average Bonchev–Trinajstić information content (AvgIpc) is 3.01. The molecule has 0 radical (unpaired) electrons. The summed E-state index contributed by atoms with van der Waals surface area (Å²) < 4.78 is 61.1. The fourth-order valence-electron chi connectivity index (χ4n) is 2.17. The molecule has 26 heavy (non-hydrogen) atoms. The number of fused-ring (bicyclic) bond motifs is 1. The SMILES string of the molecule is O=C(NCc1nc2ccccc2s1)c1ccc(S(=O)(=O)C(F)(F)F)cc1. The second-order valence-corrected chi connectivity index (χ2v) is 8.29. The van der Waals surface area contributed by atoms with E-state index in [1.54, 1.807) is 0 Å². The predicted molar refractivity (Wildman–Crippen MR) is 90.5 cm³/mol. The zero-order valence-electron chi connectivity index (χ0n) is 12.9. The number of nitrogens with one attached hydrogen (secondary N) is 1. The van der Waals surface area contributed by atoms with Crippen molar-refractivity contribution in [3.05, 3.63) is 59.1 Å². The number of amides is 1. The van der Waals surface area contributed by atoms with Gasteiger partial charge in [-0.1, -0.05) is 12.1 Å². The normalized spacial score (nSPS) is 12.3. The van der Waals surface area contributed by atoms with Crippen LogP contribution in [0.3, 0.4) is 0 Å². The molecule has 3 aromatic rings. The number of hydrogen-bond acceptors (Lipinski definition) is 5. The molecule has 2 aromatic carbocycles. The maximum absolute atomic E-state index is 12.5. The average molecular weight is 400 g/mol. The van der Waals surface area contributed by atoms with Crippen molar-refractivity contribution in [2.45, 2.75) is 16.9 Å². The van der Waals surface area contributed by atoms with Crippen LogP contribution in [0.25, 0.3) is 10.2 Å². The van der Waals surface area contributed by atoms with Crippen molar-refractivity contribution in [1.82, 2.24) is 10.3 Å². The van der Waals surface area contributed by atoms with Gasteiger partial charge >= 0.3 is 5.51 Å². The second kappa shape index (κ2) is 6.69. The molecule has 0 aliphatic rings. The third-order valence-electron chi connectivity index (χ3n) is 3.47. The molecule has 3 rings (SSSR count). The van der Waals surface area contributed by atoms with Gasteiger partial charge in [-0.2, -0.15) is 13.2 Å². The van der Waals surface area contributed by atoms with E-state index in [0.717, 1.165) is 34.5 Å². The number of carbonyl (C=O) groups excluding carboxylic acids is 1. The number of alkyl halides is 3. The van der Waals surface area contributed by atoms with E-state index in [2.05, 4.69) is 10.3 Å². The Kier molecular flexibility index (Phi) is 4.72. The van der Waals surface area contributed by atoms with Crippen LogP contribution in [0.2, 0.25) is 0 Å². The number of benzene rings is 2. The van der Waals surface area contributed by atoms with Crippen molar-refractivity contribution in [2.75, 3.05) is 0 Å². The summed E-state index contributed by atoms with van der Waals surface area (Å²) >= 11 is 1.41. The fraction of sp³-hybridized carbons (Fsp3) is 0.125. The summed E-state index contributed by atoms with van der Waals surface area (Å²) in [6.07, 6.45) is 0. The fourth-order valence-corrected chi connectivity index (χ4v) is 3.84. The van der Waals surface area contributed by atoms with Crippen LogP contribution in [0.4, 0.5) is 13.2 Å². The monoisotopic (exact) mass is 400 g/mol. The zero-order chi connectivity index (χ0) is 18.9. The van der Waals surface area contributed by atoms with Crippen molar-refractivity contribution in [3.63, 3.8) is 0 Å². The molecule has 1 amide bonds. The maximum Gasteiger partial charge on any atom is 0.501 e. The summed E-state index contributed by atoms with van der Waals surface area (Å²) in [4.78, 5) is 15.5. The van der Waals surface area contributed by atoms with E-state index >= 15 is 0 Å². The van der Waals surface area contributed by atoms with Crippen LogP contribution < -0.4 is 5.32 Å². The van der Waals surface area contributed by atoms with Gasteiger partial charge in [0.25, 0.3) is 15.7 Å². The second-order valence-electron chi connectivity index (χ2n) is 5.23. The summed E-state index contributed by atoms with van der Waals surface area (Å²) in [6.45, 7) is 0.154. The van der Waals surface area contributed by atoms with E-state index in [1.807, 2.05) is 24.3 Å². The molecule has 1 heterocycles. The lowest BCUT2D eigenvalue weighted by atomic mass is 10.2. The first-order valence-corrected chi connectivity index (χ1v) is 9.52. The minimum atomic E-state index is -5.43. The van der Waals surface area contributed by atoms with Crippen molar-refractivity contribution in [2.24, 2.45) is 0 Å². The topological polar surface area (TPSA) is 76.1 Å². The number of sulfone groups is 1. The molecule has 136 valence electrons. The summed E-state index contributed by atoms with van der Waals surface area (Å²) in [5, 5.41) is 3.28. The molecule has 10 heteroatoms. The van der Waals surface area contributed by atoms with Crippen molar-refractivity contribution in [1.29, 1.82) is 0 Å². The molecule has 0 atom stereocenters. The standard InChI is InChI=1S/C16H11F3N2O3S2/c17-16(18,19)26(23,24)11-7-5-10(6-8-11)15(22)20-9-14-21-12-3-1-2-4-13(12)25-14/h1-8H,9H2,(H,20,22). The van der Waals surface area contributed by atoms with Gasteiger partial charge in [0.15, 0.2) is 0 Å². The lowest BCUT2D eigenvalue weighted by molar-refractivity contribution is -0.0436. The Bertz CT molecular complexity index is 1030. The number of nitrogens with zero attached hydrogens (tertiary/aromatic N) is 1. The van der Waals surface area contributed by atoms with E-state index in [1.165, 1.54) is 11.3 Å².